The predicted molar refractivity (Wildman–Crippen MR) is 193 cm³/mol. The van der Waals surface area contributed by atoms with E-state index in [1.165, 1.54) is 6.92 Å². The number of carbonyl (C=O) groups is 3. The SMILES string of the molecule is CC(C=O)OC(CC=O)O[C@H]1[C@@H](O)C[C@H](O[C@H]2[C@@H](O)C[C@H](O[C@H]3CC[C@@]4(C)[C@H](CC[C@@H]5[C@@H]4C[C@@H](O)[C@]4(C)[C@@H](C6=CC(=O)OC6)CC[C@]54O)C3)O[C@@H]2C)O[C@@H]1C. The highest BCUT2D eigenvalue weighted by Gasteiger charge is 2.71. The monoisotopic (exact) mass is 778 g/mol. The molecule has 4 aliphatic carbocycles. The van der Waals surface area contributed by atoms with Crippen molar-refractivity contribution in [3.8, 4) is 0 Å². The predicted octanol–water partition coefficient (Wildman–Crippen LogP) is 2.88. The third kappa shape index (κ3) is 7.51. The van der Waals surface area contributed by atoms with E-state index in [9.17, 15) is 34.8 Å². The smallest absolute Gasteiger partial charge is 0.331 e. The number of fused-ring (bicyclic) bond motifs is 5. The van der Waals surface area contributed by atoms with Crippen LogP contribution in [0.4, 0.5) is 0 Å². The summed E-state index contributed by atoms with van der Waals surface area (Å²) in [6.07, 6.45) is 0.602. The Labute approximate surface area is 323 Å². The summed E-state index contributed by atoms with van der Waals surface area (Å²) in [6.45, 7) is 9.68. The van der Waals surface area contributed by atoms with Crippen molar-refractivity contribution >= 4 is 18.5 Å². The Bertz CT molecular complexity index is 1420. The fourth-order valence-corrected chi connectivity index (χ4v) is 12.1. The zero-order chi connectivity index (χ0) is 39.4. The first-order valence-electron chi connectivity index (χ1n) is 20.6. The first-order valence-corrected chi connectivity index (χ1v) is 20.6. The third-order valence-electron chi connectivity index (χ3n) is 15.1. The molecule has 7 rings (SSSR count). The highest BCUT2D eigenvalue weighted by Crippen LogP contribution is 2.70. The van der Waals surface area contributed by atoms with Crippen molar-refractivity contribution in [3.05, 3.63) is 11.6 Å². The van der Waals surface area contributed by atoms with Crippen LogP contribution in [0.3, 0.4) is 0 Å². The molecular formula is C41H62O14. The molecule has 0 aromatic carbocycles. The zero-order valence-electron chi connectivity index (χ0n) is 32.8. The van der Waals surface area contributed by atoms with Gasteiger partial charge in [0.05, 0.1) is 48.6 Å². The van der Waals surface area contributed by atoms with Gasteiger partial charge in [-0.15, -0.1) is 0 Å². The number of cyclic esters (lactones) is 1. The number of hydrogen-bond acceptors (Lipinski definition) is 14. The van der Waals surface area contributed by atoms with Crippen molar-refractivity contribution in [2.75, 3.05) is 6.61 Å². The van der Waals surface area contributed by atoms with E-state index in [1.54, 1.807) is 13.0 Å². The first kappa shape index (κ1) is 41.3. The second kappa shape index (κ2) is 16.1. The van der Waals surface area contributed by atoms with Gasteiger partial charge in [0, 0.05) is 24.3 Å². The fourth-order valence-electron chi connectivity index (χ4n) is 12.1. The molecule has 14 nitrogen and oxygen atoms in total. The van der Waals surface area contributed by atoms with Crippen LogP contribution in [-0.4, -0.2) is 125 Å². The maximum Gasteiger partial charge on any atom is 0.331 e. The zero-order valence-corrected chi connectivity index (χ0v) is 32.8. The van der Waals surface area contributed by atoms with Crippen LogP contribution < -0.4 is 0 Å². The molecule has 310 valence electrons. The molecule has 6 fully saturated rings. The van der Waals surface area contributed by atoms with E-state index in [0.29, 0.717) is 31.3 Å². The number of aliphatic hydroxyl groups excluding tert-OH is 3. The second-order valence-corrected chi connectivity index (χ2v) is 18.1. The van der Waals surface area contributed by atoms with Crippen LogP contribution in [0.2, 0.25) is 0 Å². The molecule has 14 heteroatoms. The molecular weight excluding hydrogens is 716 g/mol. The molecule has 3 heterocycles. The van der Waals surface area contributed by atoms with Crippen molar-refractivity contribution in [2.45, 2.75) is 185 Å². The lowest BCUT2D eigenvalue weighted by Gasteiger charge is -2.65. The molecule has 2 unspecified atom stereocenters. The molecule has 7 aliphatic rings. The highest BCUT2D eigenvalue weighted by molar-refractivity contribution is 5.85. The van der Waals surface area contributed by atoms with Gasteiger partial charge in [0.2, 0.25) is 0 Å². The molecule has 3 aliphatic heterocycles. The van der Waals surface area contributed by atoms with E-state index < -0.39 is 78.7 Å². The Morgan fingerprint density at radius 3 is 2.22 bits per heavy atom. The molecule has 2 saturated heterocycles. The minimum atomic E-state index is -1.02. The summed E-state index contributed by atoms with van der Waals surface area (Å²) in [5.74, 6) is 0.168. The highest BCUT2D eigenvalue weighted by atomic mass is 16.7. The van der Waals surface area contributed by atoms with E-state index in [0.717, 1.165) is 44.1 Å². The number of ether oxygens (including phenoxy) is 7. The van der Waals surface area contributed by atoms with E-state index in [2.05, 4.69) is 6.92 Å². The normalized spacial score (nSPS) is 49.5. The Morgan fingerprint density at radius 2 is 1.58 bits per heavy atom. The van der Waals surface area contributed by atoms with Crippen LogP contribution >= 0.6 is 0 Å². The van der Waals surface area contributed by atoms with Crippen molar-refractivity contribution in [1.29, 1.82) is 0 Å². The Balaban J connectivity index is 0.918. The minimum absolute atomic E-state index is 0.0499. The van der Waals surface area contributed by atoms with Gasteiger partial charge >= 0.3 is 5.97 Å². The fraction of sp³-hybridized carbons (Fsp3) is 0.878. The number of esters is 1. The summed E-state index contributed by atoms with van der Waals surface area (Å²) >= 11 is 0. The van der Waals surface area contributed by atoms with Crippen LogP contribution in [0.15, 0.2) is 11.6 Å². The lowest BCUT2D eigenvalue weighted by atomic mass is 9.42. The van der Waals surface area contributed by atoms with E-state index in [4.69, 9.17) is 33.2 Å². The number of carbonyl (C=O) groups excluding carboxylic acids is 3. The molecule has 0 bridgehead atoms. The van der Waals surface area contributed by atoms with Gasteiger partial charge in [0.1, 0.15) is 37.5 Å². The van der Waals surface area contributed by atoms with Crippen LogP contribution in [-0.2, 0) is 47.5 Å². The molecule has 0 radical (unpaired) electrons. The number of rotatable bonds is 12. The average Bonchev–Trinajstić information content (AvgIpc) is 3.68. The van der Waals surface area contributed by atoms with Gasteiger partial charge in [-0.3, -0.25) is 0 Å². The molecule has 0 aromatic heterocycles. The second-order valence-electron chi connectivity index (χ2n) is 18.1. The van der Waals surface area contributed by atoms with Gasteiger partial charge in [-0.2, -0.15) is 0 Å². The Morgan fingerprint density at radius 1 is 0.891 bits per heavy atom. The summed E-state index contributed by atoms with van der Waals surface area (Å²) in [7, 11) is 0. The average molecular weight is 779 g/mol. The topological polar surface area (TPSA) is 197 Å². The molecule has 4 N–H and O–H groups in total. The van der Waals surface area contributed by atoms with Crippen molar-refractivity contribution in [1.82, 2.24) is 0 Å². The van der Waals surface area contributed by atoms with Crippen molar-refractivity contribution in [2.24, 2.45) is 34.5 Å². The summed E-state index contributed by atoms with van der Waals surface area (Å²) < 4.78 is 41.6. The molecule has 0 amide bonds. The minimum Gasteiger partial charge on any atom is -0.458 e. The quantitative estimate of drug-likeness (QED) is 0.0977. The van der Waals surface area contributed by atoms with E-state index >= 15 is 0 Å². The Hall–Kier alpha value is -1.85. The van der Waals surface area contributed by atoms with Gasteiger partial charge < -0.3 is 63.2 Å². The standard InChI is InChI=1S/C41H62O14/c1-21(19-43)50-34(10-13-42)54-37-22(2)52-36(18-31(37)45)55-38-23(3)51-35(17-30(38)44)53-26-8-11-39(4)25(15-26)6-7-28-29(39)16-32(46)40(5)27(9-12-41(28,40)48)24-14-33(47)49-20-24/h13-14,19,21-23,25-32,34-38,44-46,48H,6-12,15-18,20H2,1-5H3/t21?,22-,23-,25-,26+,27-,28-,29+,30+,31+,32-,34?,35+,36+,37-,38-,39+,40+,41+/m1/s1. The maximum absolute atomic E-state index is 12.6. The molecule has 19 atom stereocenters. The number of hydrogen-bond donors (Lipinski definition) is 4. The van der Waals surface area contributed by atoms with Gasteiger partial charge in [-0.05, 0) is 107 Å². The van der Waals surface area contributed by atoms with Crippen molar-refractivity contribution in [3.63, 3.8) is 0 Å². The summed E-state index contributed by atoms with van der Waals surface area (Å²) in [5.41, 5.74) is -0.919. The van der Waals surface area contributed by atoms with Crippen LogP contribution in [0, 0.1) is 34.5 Å². The largest absolute Gasteiger partial charge is 0.458 e. The van der Waals surface area contributed by atoms with E-state index in [-0.39, 0.29) is 61.1 Å². The summed E-state index contributed by atoms with van der Waals surface area (Å²) in [5, 5.41) is 46.6. The lowest BCUT2D eigenvalue weighted by Crippen LogP contribution is -2.67. The van der Waals surface area contributed by atoms with Gasteiger partial charge in [0.15, 0.2) is 18.9 Å². The van der Waals surface area contributed by atoms with Crippen LogP contribution in [0.5, 0.6) is 0 Å². The first-order chi connectivity index (χ1) is 26.1. The van der Waals surface area contributed by atoms with Gasteiger partial charge in [-0.1, -0.05) is 13.8 Å². The molecule has 4 saturated carbocycles. The van der Waals surface area contributed by atoms with Crippen molar-refractivity contribution < 1.29 is 68.0 Å². The maximum atomic E-state index is 12.6. The molecule has 0 aromatic rings. The molecule has 55 heavy (non-hydrogen) atoms. The van der Waals surface area contributed by atoms with E-state index in [1.807, 2.05) is 13.8 Å². The summed E-state index contributed by atoms with van der Waals surface area (Å²) in [4.78, 5) is 34.1. The van der Waals surface area contributed by atoms with Gasteiger partial charge in [0.25, 0.3) is 0 Å². The van der Waals surface area contributed by atoms with Crippen LogP contribution in [0.1, 0.15) is 105 Å². The molecule has 0 spiro atoms. The Kier molecular flexibility index (Phi) is 12.1. The number of aliphatic hydroxyl groups is 4. The van der Waals surface area contributed by atoms with Gasteiger partial charge in [-0.25, -0.2) is 4.79 Å². The van der Waals surface area contributed by atoms with Crippen LogP contribution in [0.25, 0.3) is 0 Å². The summed E-state index contributed by atoms with van der Waals surface area (Å²) in [6, 6.07) is 0. The lowest BCUT2D eigenvalue weighted by molar-refractivity contribution is -0.328. The number of aldehydes is 2. The third-order valence-corrected chi connectivity index (χ3v) is 15.1.